The maximum absolute atomic E-state index is 13.3. The average molecular weight is 378 g/mol. The van der Waals surface area contributed by atoms with Crippen LogP contribution in [0.15, 0.2) is 30.6 Å². The highest BCUT2D eigenvalue weighted by molar-refractivity contribution is 5.57. The van der Waals surface area contributed by atoms with Gasteiger partial charge in [-0.2, -0.15) is 13.2 Å². The summed E-state index contributed by atoms with van der Waals surface area (Å²) < 4.78 is 45.8. The molecule has 2 fully saturated rings. The summed E-state index contributed by atoms with van der Waals surface area (Å²) in [6.07, 6.45) is 2.63. The Kier molecular flexibility index (Phi) is 4.53. The van der Waals surface area contributed by atoms with Crippen molar-refractivity contribution in [3.05, 3.63) is 36.3 Å². The Morgan fingerprint density at radius 2 is 1.96 bits per heavy atom. The van der Waals surface area contributed by atoms with Gasteiger partial charge in [-0.05, 0) is 38.3 Å². The normalized spacial score (nSPS) is 23.6. The molecule has 2 atom stereocenters. The molecule has 2 aromatic heterocycles. The second-order valence-electron chi connectivity index (χ2n) is 7.16. The van der Waals surface area contributed by atoms with Crippen molar-refractivity contribution in [2.24, 2.45) is 5.41 Å². The third kappa shape index (κ3) is 3.26. The smallest absolute Gasteiger partial charge is 0.378 e. The molecule has 1 N–H and O–H groups in total. The fraction of sp³-hybridized carbons (Fsp3) is 0.526. The first-order valence-electron chi connectivity index (χ1n) is 9.17. The number of nitrogens with one attached hydrogen (secondary N) is 1. The van der Waals surface area contributed by atoms with Crippen LogP contribution >= 0.6 is 0 Å². The van der Waals surface area contributed by atoms with Gasteiger partial charge in [0, 0.05) is 42.1 Å². The van der Waals surface area contributed by atoms with Crippen LogP contribution < -0.4 is 5.32 Å². The maximum atomic E-state index is 13.3. The molecule has 2 aliphatic carbocycles. The minimum absolute atomic E-state index is 0.0240. The van der Waals surface area contributed by atoms with E-state index in [0.717, 1.165) is 31.7 Å². The third-order valence-corrected chi connectivity index (χ3v) is 5.71. The van der Waals surface area contributed by atoms with E-state index >= 15 is 0 Å². The lowest BCUT2D eigenvalue weighted by Gasteiger charge is -2.61. The molecule has 5 nitrogen and oxygen atoms in total. The number of hydrogen-bond acceptors (Lipinski definition) is 5. The highest BCUT2D eigenvalue weighted by atomic mass is 19.4. The van der Waals surface area contributed by atoms with Crippen LogP contribution in [0.25, 0.3) is 11.4 Å². The van der Waals surface area contributed by atoms with E-state index in [1.165, 1.54) is 12.4 Å². The van der Waals surface area contributed by atoms with Gasteiger partial charge in [0.1, 0.15) is 5.82 Å². The van der Waals surface area contributed by atoms with Crippen LogP contribution in [0.3, 0.4) is 0 Å². The zero-order valence-corrected chi connectivity index (χ0v) is 15.0. The molecule has 2 aromatic rings. The lowest BCUT2D eigenvalue weighted by atomic mass is 9.51. The Balaban J connectivity index is 1.63. The van der Waals surface area contributed by atoms with E-state index in [9.17, 15) is 13.2 Å². The quantitative estimate of drug-likeness (QED) is 0.840. The fourth-order valence-electron chi connectivity index (χ4n) is 4.12. The molecule has 27 heavy (non-hydrogen) atoms. The van der Waals surface area contributed by atoms with Crippen molar-refractivity contribution < 1.29 is 17.9 Å². The summed E-state index contributed by atoms with van der Waals surface area (Å²) in [5.41, 5.74) is -0.427. The van der Waals surface area contributed by atoms with Crippen molar-refractivity contribution in [1.29, 1.82) is 0 Å². The largest absolute Gasteiger partial charge is 0.433 e. The molecular weight excluding hydrogens is 357 g/mol. The van der Waals surface area contributed by atoms with Crippen LogP contribution in [-0.4, -0.2) is 33.7 Å². The summed E-state index contributed by atoms with van der Waals surface area (Å²) >= 11 is 0. The Hall–Kier alpha value is -2.22. The molecule has 0 aromatic carbocycles. The molecule has 0 saturated heterocycles. The predicted molar refractivity (Wildman–Crippen MR) is 94.0 cm³/mol. The van der Waals surface area contributed by atoms with Crippen molar-refractivity contribution in [2.75, 3.05) is 11.9 Å². The molecular formula is C19H21F3N4O. The van der Waals surface area contributed by atoms with Gasteiger partial charge in [0.15, 0.2) is 11.5 Å². The van der Waals surface area contributed by atoms with Crippen molar-refractivity contribution in [1.82, 2.24) is 15.0 Å². The molecule has 2 unspecified atom stereocenters. The Bertz CT molecular complexity index is 808. The van der Waals surface area contributed by atoms with Crippen molar-refractivity contribution in [3.63, 3.8) is 0 Å². The topological polar surface area (TPSA) is 59.9 Å². The van der Waals surface area contributed by atoms with Crippen LogP contribution in [0.2, 0.25) is 0 Å². The molecule has 8 heteroatoms. The second-order valence-corrected chi connectivity index (χ2v) is 7.16. The lowest BCUT2D eigenvalue weighted by molar-refractivity contribution is -0.157. The molecule has 144 valence electrons. The number of alkyl halides is 3. The monoisotopic (exact) mass is 378 g/mol. The van der Waals surface area contributed by atoms with E-state index in [1.54, 1.807) is 12.1 Å². The van der Waals surface area contributed by atoms with Gasteiger partial charge >= 0.3 is 6.18 Å². The number of halogens is 3. The summed E-state index contributed by atoms with van der Waals surface area (Å²) in [6, 6.07) is 4.26. The minimum Gasteiger partial charge on any atom is -0.378 e. The number of aromatic nitrogens is 3. The summed E-state index contributed by atoms with van der Waals surface area (Å²) in [7, 11) is 0. The number of pyridine rings is 1. The average Bonchev–Trinajstić information content (AvgIpc) is 2.59. The van der Waals surface area contributed by atoms with E-state index in [-0.39, 0.29) is 29.2 Å². The highest BCUT2D eigenvalue weighted by Gasteiger charge is 2.59. The van der Waals surface area contributed by atoms with Gasteiger partial charge in [0.2, 0.25) is 0 Å². The summed E-state index contributed by atoms with van der Waals surface area (Å²) in [6.45, 7) is 2.62. The molecule has 2 heterocycles. The molecule has 0 aliphatic heterocycles. The van der Waals surface area contributed by atoms with Crippen LogP contribution in [0.1, 0.15) is 38.3 Å². The van der Waals surface area contributed by atoms with Crippen LogP contribution in [-0.2, 0) is 10.9 Å². The molecule has 2 saturated carbocycles. The first-order valence-corrected chi connectivity index (χ1v) is 9.17. The first kappa shape index (κ1) is 18.2. The minimum atomic E-state index is -4.54. The summed E-state index contributed by atoms with van der Waals surface area (Å²) in [4.78, 5) is 11.9. The summed E-state index contributed by atoms with van der Waals surface area (Å²) in [5, 5.41) is 3.24. The molecule has 4 rings (SSSR count). The zero-order chi connectivity index (χ0) is 19.1. The van der Waals surface area contributed by atoms with Crippen LogP contribution in [0.5, 0.6) is 0 Å². The Morgan fingerprint density at radius 3 is 2.56 bits per heavy atom. The molecule has 0 bridgehead atoms. The van der Waals surface area contributed by atoms with E-state index in [2.05, 4.69) is 20.3 Å². The molecule has 0 amide bonds. The fourth-order valence-corrected chi connectivity index (χ4v) is 4.12. The van der Waals surface area contributed by atoms with Gasteiger partial charge < -0.3 is 10.1 Å². The van der Waals surface area contributed by atoms with Crippen LogP contribution in [0.4, 0.5) is 19.0 Å². The number of nitrogens with zero attached hydrogens (tertiary/aromatic N) is 3. The predicted octanol–water partition coefficient (Wildman–Crippen LogP) is 4.32. The second kappa shape index (κ2) is 6.74. The number of ether oxygens (including phenoxy) is 1. The standard InChI is InChI=1S/C19H21F3N4O/c1-2-27-15-10-13(18(15)6-3-7-18)24-16-11-14(19(20,21)22)25-17(26-16)12-4-8-23-9-5-12/h4-5,8-9,11,13,15H,2-3,6-7,10H2,1H3,(H,24,25,26). The van der Waals surface area contributed by atoms with E-state index < -0.39 is 11.9 Å². The maximum Gasteiger partial charge on any atom is 0.433 e. The molecule has 0 radical (unpaired) electrons. The Labute approximate surface area is 155 Å². The highest BCUT2D eigenvalue weighted by Crippen LogP contribution is 2.58. The van der Waals surface area contributed by atoms with Gasteiger partial charge in [0.25, 0.3) is 0 Å². The molecule has 2 aliphatic rings. The third-order valence-electron chi connectivity index (χ3n) is 5.71. The number of anilines is 1. The van der Waals surface area contributed by atoms with E-state index in [1.807, 2.05) is 6.92 Å². The van der Waals surface area contributed by atoms with Gasteiger partial charge in [-0.1, -0.05) is 6.42 Å². The van der Waals surface area contributed by atoms with Gasteiger partial charge in [-0.15, -0.1) is 0 Å². The van der Waals surface area contributed by atoms with Gasteiger partial charge in [-0.3, -0.25) is 4.98 Å². The van der Waals surface area contributed by atoms with E-state index in [0.29, 0.717) is 12.2 Å². The zero-order valence-electron chi connectivity index (χ0n) is 15.0. The van der Waals surface area contributed by atoms with Gasteiger partial charge in [-0.25, -0.2) is 9.97 Å². The summed E-state index contributed by atoms with van der Waals surface area (Å²) in [5.74, 6) is 0.244. The Morgan fingerprint density at radius 1 is 1.22 bits per heavy atom. The molecule has 1 spiro atoms. The first-order chi connectivity index (χ1) is 12.9. The van der Waals surface area contributed by atoms with Gasteiger partial charge in [0.05, 0.1) is 6.10 Å². The van der Waals surface area contributed by atoms with Crippen LogP contribution in [0, 0.1) is 5.41 Å². The van der Waals surface area contributed by atoms with E-state index in [4.69, 9.17) is 4.74 Å². The van der Waals surface area contributed by atoms with Crippen molar-refractivity contribution in [2.45, 2.75) is 50.9 Å². The number of hydrogen-bond donors (Lipinski definition) is 1. The number of rotatable bonds is 5. The van der Waals surface area contributed by atoms with Crippen molar-refractivity contribution >= 4 is 5.82 Å². The van der Waals surface area contributed by atoms with Crippen molar-refractivity contribution in [3.8, 4) is 11.4 Å². The lowest BCUT2D eigenvalue weighted by Crippen LogP contribution is -2.64. The SMILES string of the molecule is CCOC1CC(Nc2cc(C(F)(F)F)nc(-c3ccncc3)n2)C12CCC2.